The SMILES string of the molecule is C/C(=N\N=Cc1cc(C)ccc1C)c1ccc2ccccc2c1. The van der Waals surface area contributed by atoms with E-state index < -0.39 is 0 Å². The summed E-state index contributed by atoms with van der Waals surface area (Å²) >= 11 is 0. The lowest BCUT2D eigenvalue weighted by Crippen LogP contribution is -1.94. The summed E-state index contributed by atoms with van der Waals surface area (Å²) in [4.78, 5) is 0. The zero-order chi connectivity index (χ0) is 16.2. The topological polar surface area (TPSA) is 24.7 Å². The maximum absolute atomic E-state index is 4.35. The van der Waals surface area contributed by atoms with Crippen molar-refractivity contribution in [2.24, 2.45) is 10.2 Å². The second kappa shape index (κ2) is 6.57. The number of hydrogen-bond acceptors (Lipinski definition) is 2. The maximum Gasteiger partial charge on any atom is 0.0672 e. The molecule has 0 aliphatic rings. The minimum atomic E-state index is 0.914. The molecule has 114 valence electrons. The van der Waals surface area contributed by atoms with Crippen molar-refractivity contribution in [2.75, 3.05) is 0 Å². The minimum absolute atomic E-state index is 0.914. The third kappa shape index (κ3) is 3.54. The van der Waals surface area contributed by atoms with E-state index in [1.54, 1.807) is 0 Å². The average molecular weight is 300 g/mol. The molecule has 0 unspecified atom stereocenters. The molecule has 3 rings (SSSR count). The second-order valence-corrected chi connectivity index (χ2v) is 5.85. The first-order valence-corrected chi connectivity index (χ1v) is 7.77. The molecule has 0 spiro atoms. The molecule has 2 heteroatoms. The monoisotopic (exact) mass is 300 g/mol. The van der Waals surface area contributed by atoms with Crippen molar-refractivity contribution in [3.63, 3.8) is 0 Å². The molecular weight excluding hydrogens is 280 g/mol. The molecule has 2 nitrogen and oxygen atoms in total. The fraction of sp³-hybridized carbons (Fsp3) is 0.143. The van der Waals surface area contributed by atoms with Gasteiger partial charge in [0.25, 0.3) is 0 Å². The zero-order valence-electron chi connectivity index (χ0n) is 13.7. The van der Waals surface area contributed by atoms with Gasteiger partial charge in [-0.25, -0.2) is 0 Å². The molecule has 23 heavy (non-hydrogen) atoms. The third-order valence-corrected chi connectivity index (χ3v) is 4.01. The second-order valence-electron chi connectivity index (χ2n) is 5.85. The molecule has 3 aromatic carbocycles. The Kier molecular flexibility index (Phi) is 4.33. The number of fused-ring (bicyclic) bond motifs is 1. The van der Waals surface area contributed by atoms with E-state index >= 15 is 0 Å². The van der Waals surface area contributed by atoms with Gasteiger partial charge in [0.2, 0.25) is 0 Å². The first-order chi connectivity index (χ1) is 11.1. The Morgan fingerprint density at radius 2 is 1.65 bits per heavy atom. The smallest absolute Gasteiger partial charge is 0.0672 e. The van der Waals surface area contributed by atoms with Crippen LogP contribution in [0.1, 0.15) is 29.2 Å². The van der Waals surface area contributed by atoms with Gasteiger partial charge in [0.15, 0.2) is 0 Å². The van der Waals surface area contributed by atoms with Gasteiger partial charge in [0, 0.05) is 0 Å². The van der Waals surface area contributed by atoms with E-state index in [2.05, 4.69) is 84.7 Å². The summed E-state index contributed by atoms with van der Waals surface area (Å²) in [7, 11) is 0. The Hall–Kier alpha value is -2.74. The van der Waals surface area contributed by atoms with Gasteiger partial charge in [0.05, 0.1) is 11.9 Å². The number of aryl methyl sites for hydroxylation is 2. The summed E-state index contributed by atoms with van der Waals surface area (Å²) < 4.78 is 0. The van der Waals surface area contributed by atoms with E-state index in [1.165, 1.54) is 21.9 Å². The van der Waals surface area contributed by atoms with Crippen LogP contribution in [0.3, 0.4) is 0 Å². The van der Waals surface area contributed by atoms with Crippen LogP contribution >= 0.6 is 0 Å². The summed E-state index contributed by atoms with van der Waals surface area (Å²) in [6.07, 6.45) is 1.83. The molecule has 0 radical (unpaired) electrons. The van der Waals surface area contributed by atoms with E-state index in [4.69, 9.17) is 0 Å². The summed E-state index contributed by atoms with van der Waals surface area (Å²) in [5.41, 5.74) is 5.56. The maximum atomic E-state index is 4.35. The lowest BCUT2D eigenvalue weighted by atomic mass is 10.0. The van der Waals surface area contributed by atoms with Crippen LogP contribution in [0.4, 0.5) is 0 Å². The van der Waals surface area contributed by atoms with Gasteiger partial charge in [0.1, 0.15) is 0 Å². The molecule has 0 N–H and O–H groups in total. The van der Waals surface area contributed by atoms with Crippen molar-refractivity contribution in [3.05, 3.63) is 82.9 Å². The van der Waals surface area contributed by atoms with Crippen LogP contribution in [0, 0.1) is 13.8 Å². The number of nitrogens with zero attached hydrogens (tertiary/aromatic N) is 2. The van der Waals surface area contributed by atoms with Crippen molar-refractivity contribution < 1.29 is 0 Å². The van der Waals surface area contributed by atoms with Crippen LogP contribution < -0.4 is 0 Å². The molecule has 0 aromatic heterocycles. The summed E-state index contributed by atoms with van der Waals surface area (Å²) in [5.74, 6) is 0. The predicted molar refractivity (Wildman–Crippen MR) is 99.7 cm³/mol. The van der Waals surface area contributed by atoms with E-state index in [9.17, 15) is 0 Å². The van der Waals surface area contributed by atoms with Gasteiger partial charge in [-0.3, -0.25) is 0 Å². The van der Waals surface area contributed by atoms with Crippen LogP contribution in [0.2, 0.25) is 0 Å². The van der Waals surface area contributed by atoms with Crippen molar-refractivity contribution in [1.82, 2.24) is 0 Å². The van der Waals surface area contributed by atoms with Crippen molar-refractivity contribution in [3.8, 4) is 0 Å². The standard InChI is InChI=1S/C21H20N2/c1-15-8-9-16(2)21(12-15)14-22-23-17(3)19-11-10-18-6-4-5-7-20(18)13-19/h4-14H,1-3H3/b22-14?,23-17+. The molecule has 0 bridgehead atoms. The molecule has 0 heterocycles. The van der Waals surface area contributed by atoms with Crippen molar-refractivity contribution >= 4 is 22.7 Å². The van der Waals surface area contributed by atoms with E-state index in [0.717, 1.165) is 16.8 Å². The van der Waals surface area contributed by atoms with Crippen LogP contribution in [-0.4, -0.2) is 11.9 Å². The molecule has 0 saturated heterocycles. The van der Waals surface area contributed by atoms with Crippen LogP contribution in [0.25, 0.3) is 10.8 Å². The summed E-state index contributed by atoms with van der Waals surface area (Å²) in [6.45, 7) is 6.16. The van der Waals surface area contributed by atoms with Crippen molar-refractivity contribution in [2.45, 2.75) is 20.8 Å². The van der Waals surface area contributed by atoms with Gasteiger partial charge in [-0.1, -0.05) is 60.2 Å². The largest absolute Gasteiger partial charge is 0.158 e. The van der Waals surface area contributed by atoms with E-state index in [0.29, 0.717) is 0 Å². The van der Waals surface area contributed by atoms with Gasteiger partial charge >= 0.3 is 0 Å². The number of hydrogen-bond donors (Lipinski definition) is 0. The normalized spacial score (nSPS) is 12.2. The molecule has 3 aromatic rings. The van der Waals surface area contributed by atoms with Crippen molar-refractivity contribution in [1.29, 1.82) is 0 Å². The molecule has 0 fully saturated rings. The van der Waals surface area contributed by atoms with Crippen LogP contribution in [0.15, 0.2) is 70.9 Å². The predicted octanol–water partition coefficient (Wildman–Crippen LogP) is 5.30. The molecule has 0 atom stereocenters. The Balaban J connectivity index is 1.86. The lowest BCUT2D eigenvalue weighted by Gasteiger charge is -2.02. The highest BCUT2D eigenvalue weighted by Crippen LogP contribution is 2.16. The van der Waals surface area contributed by atoms with Gasteiger partial charge in [-0.15, -0.1) is 0 Å². The van der Waals surface area contributed by atoms with E-state index in [-0.39, 0.29) is 0 Å². The summed E-state index contributed by atoms with van der Waals surface area (Å²) in [6, 6.07) is 21.0. The number of benzene rings is 3. The molecule has 0 aliphatic heterocycles. The molecule has 0 saturated carbocycles. The fourth-order valence-electron chi connectivity index (χ4n) is 2.55. The Morgan fingerprint density at radius 1 is 0.870 bits per heavy atom. The third-order valence-electron chi connectivity index (χ3n) is 4.01. The zero-order valence-corrected chi connectivity index (χ0v) is 13.7. The average Bonchev–Trinajstić information content (AvgIpc) is 2.57. The lowest BCUT2D eigenvalue weighted by molar-refractivity contribution is 1.23. The minimum Gasteiger partial charge on any atom is -0.158 e. The Morgan fingerprint density at radius 3 is 2.48 bits per heavy atom. The van der Waals surface area contributed by atoms with Gasteiger partial charge in [-0.2, -0.15) is 10.2 Å². The first-order valence-electron chi connectivity index (χ1n) is 7.77. The molecule has 0 aliphatic carbocycles. The Bertz CT molecular complexity index is 905. The molecular formula is C21H20N2. The van der Waals surface area contributed by atoms with Crippen LogP contribution in [-0.2, 0) is 0 Å². The summed E-state index contributed by atoms with van der Waals surface area (Å²) in [5, 5.41) is 11.1. The van der Waals surface area contributed by atoms with Gasteiger partial charge < -0.3 is 0 Å². The highest BCUT2D eigenvalue weighted by atomic mass is 15.2. The quantitative estimate of drug-likeness (QED) is 0.463. The Labute approximate surface area is 137 Å². The molecule has 0 amide bonds. The highest BCUT2D eigenvalue weighted by Gasteiger charge is 1.99. The van der Waals surface area contributed by atoms with Crippen LogP contribution in [0.5, 0.6) is 0 Å². The number of rotatable bonds is 3. The van der Waals surface area contributed by atoms with Gasteiger partial charge in [-0.05, 0) is 54.3 Å². The first kappa shape index (κ1) is 15.2. The van der Waals surface area contributed by atoms with E-state index in [1.807, 2.05) is 13.1 Å². The highest BCUT2D eigenvalue weighted by molar-refractivity contribution is 6.02. The fourth-order valence-corrected chi connectivity index (χ4v) is 2.55.